The van der Waals surface area contributed by atoms with Crippen molar-refractivity contribution in [2.45, 2.75) is 6.42 Å². The Balaban J connectivity index is 0. The Bertz CT molecular complexity index is 95.6. The van der Waals surface area contributed by atoms with Gasteiger partial charge in [0.25, 0.3) is 0 Å². The first-order valence-corrected chi connectivity index (χ1v) is 2.67. The van der Waals surface area contributed by atoms with Crippen LogP contribution in [0, 0.1) is 5.92 Å². The van der Waals surface area contributed by atoms with Crippen LogP contribution in [-0.2, 0) is 4.79 Å². The Morgan fingerprint density at radius 2 is 1.90 bits per heavy atom. The number of aliphatic carboxylic acids is 1. The first-order valence-electron chi connectivity index (χ1n) is 2.67. The fourth-order valence-corrected chi connectivity index (χ4v) is 0.449. The minimum atomic E-state index is -1.06. The third kappa shape index (κ3) is 5.20. The van der Waals surface area contributed by atoms with E-state index in [1.807, 2.05) is 0 Å². The predicted octanol–water partition coefficient (Wildman–Crippen LogP) is -1.59. The van der Waals surface area contributed by atoms with Crippen LogP contribution in [0.2, 0.25) is 0 Å². The summed E-state index contributed by atoms with van der Waals surface area (Å²) in [5, 5.41) is 24.8. The number of hydrogen-bond acceptors (Lipinski definition) is 3. The number of aliphatic hydroxyl groups excluding tert-OH is 2. The van der Waals surface area contributed by atoms with E-state index >= 15 is 0 Å². The number of carboxylic acids is 1. The van der Waals surface area contributed by atoms with Crippen LogP contribution in [0.25, 0.3) is 0 Å². The van der Waals surface area contributed by atoms with Crippen molar-refractivity contribution in [3.63, 3.8) is 0 Å². The molecule has 5 heteroatoms. The second-order valence-electron chi connectivity index (χ2n) is 1.73. The second-order valence-corrected chi connectivity index (χ2v) is 1.73. The van der Waals surface area contributed by atoms with E-state index in [2.05, 4.69) is 0 Å². The predicted molar refractivity (Wildman–Crippen MR) is 37.1 cm³/mol. The van der Waals surface area contributed by atoms with E-state index in [0.29, 0.717) is 0 Å². The fraction of sp³-hybridized carbons (Fsp3) is 0.800. The topological polar surface area (TPSA) is 77.8 Å². The van der Waals surface area contributed by atoms with Gasteiger partial charge < -0.3 is 15.3 Å². The molecule has 0 saturated carbocycles. The third-order valence-corrected chi connectivity index (χ3v) is 1.05. The van der Waals surface area contributed by atoms with E-state index < -0.39 is 18.5 Å². The Kier molecular flexibility index (Phi) is 9.76. The van der Waals surface area contributed by atoms with Crippen molar-refractivity contribution in [1.29, 1.82) is 0 Å². The van der Waals surface area contributed by atoms with E-state index in [4.69, 9.17) is 15.3 Å². The molecule has 0 amide bonds. The Labute approximate surface area is 81.2 Å². The molecule has 0 bridgehead atoms. The average molecular weight is 158 g/mol. The Morgan fingerprint density at radius 1 is 1.40 bits per heavy atom. The van der Waals surface area contributed by atoms with Gasteiger partial charge in [0, 0.05) is 6.61 Å². The van der Waals surface area contributed by atoms with E-state index in [1.54, 1.807) is 0 Å². The molecule has 4 nitrogen and oxygen atoms in total. The Morgan fingerprint density at radius 3 is 2.00 bits per heavy atom. The monoisotopic (exact) mass is 158 g/mol. The second kappa shape index (κ2) is 7.50. The summed E-state index contributed by atoms with van der Waals surface area (Å²) in [6, 6.07) is 0. The average Bonchev–Trinajstić information content (AvgIpc) is 1.82. The van der Waals surface area contributed by atoms with Crippen molar-refractivity contribution in [2.75, 3.05) is 13.2 Å². The molecule has 0 heterocycles. The molecule has 0 radical (unpaired) electrons. The molecule has 0 aliphatic heterocycles. The fourth-order valence-electron chi connectivity index (χ4n) is 0.449. The molecule has 0 fully saturated rings. The Hall–Kier alpha value is 0.390. The SMILES string of the molecule is O=C(O)C(CO)CCO.[NaH]. The standard InChI is InChI=1S/C5H10O4.Na.H/c6-2-1-4(3-7)5(8)9;;/h4,6-7H,1-3H2,(H,8,9);;. The van der Waals surface area contributed by atoms with Gasteiger partial charge in [0.05, 0.1) is 12.5 Å². The van der Waals surface area contributed by atoms with Gasteiger partial charge in [-0.2, -0.15) is 0 Å². The van der Waals surface area contributed by atoms with Crippen LogP contribution in [0.4, 0.5) is 0 Å². The molecule has 0 spiro atoms. The maximum atomic E-state index is 10.0. The van der Waals surface area contributed by atoms with Gasteiger partial charge in [0.1, 0.15) is 0 Å². The van der Waals surface area contributed by atoms with Crippen molar-refractivity contribution in [3.05, 3.63) is 0 Å². The van der Waals surface area contributed by atoms with Crippen LogP contribution >= 0.6 is 0 Å². The molecule has 0 aliphatic rings. The molecule has 0 saturated heterocycles. The van der Waals surface area contributed by atoms with Crippen molar-refractivity contribution in [3.8, 4) is 0 Å². The minimum absolute atomic E-state index is 0. The molecule has 1 atom stereocenters. The molecule has 1 unspecified atom stereocenters. The third-order valence-electron chi connectivity index (χ3n) is 1.05. The zero-order chi connectivity index (χ0) is 7.28. The van der Waals surface area contributed by atoms with Crippen molar-refractivity contribution in [2.24, 2.45) is 5.92 Å². The van der Waals surface area contributed by atoms with Crippen molar-refractivity contribution >= 4 is 35.5 Å². The summed E-state index contributed by atoms with van der Waals surface area (Å²) in [7, 11) is 0. The summed E-state index contributed by atoms with van der Waals surface area (Å²) in [4.78, 5) is 10.0. The maximum absolute atomic E-state index is 10.0. The summed E-state index contributed by atoms with van der Waals surface area (Å²) in [6.07, 6.45) is 0.117. The van der Waals surface area contributed by atoms with Crippen molar-refractivity contribution in [1.82, 2.24) is 0 Å². The van der Waals surface area contributed by atoms with Crippen LogP contribution in [0.15, 0.2) is 0 Å². The van der Waals surface area contributed by atoms with Gasteiger partial charge in [-0.25, -0.2) is 0 Å². The molecule has 0 aromatic heterocycles. The van der Waals surface area contributed by atoms with Gasteiger partial charge in [-0.15, -0.1) is 0 Å². The van der Waals surface area contributed by atoms with Crippen LogP contribution in [0.1, 0.15) is 6.42 Å². The van der Waals surface area contributed by atoms with E-state index in [-0.39, 0.29) is 42.6 Å². The van der Waals surface area contributed by atoms with E-state index in [1.165, 1.54) is 0 Å². The summed E-state index contributed by atoms with van der Waals surface area (Å²) >= 11 is 0. The van der Waals surface area contributed by atoms with Gasteiger partial charge in [-0.1, -0.05) is 0 Å². The molecule has 0 rings (SSSR count). The van der Waals surface area contributed by atoms with Crippen molar-refractivity contribution < 1.29 is 20.1 Å². The number of hydrogen-bond donors (Lipinski definition) is 3. The molecule has 0 aromatic carbocycles. The van der Waals surface area contributed by atoms with Gasteiger partial charge in [-0.3, -0.25) is 4.79 Å². The molecular weight excluding hydrogens is 147 g/mol. The number of rotatable bonds is 4. The molecule has 3 N–H and O–H groups in total. The number of aliphatic hydroxyl groups is 2. The summed E-state index contributed by atoms with van der Waals surface area (Å²) < 4.78 is 0. The zero-order valence-electron chi connectivity index (χ0n) is 4.95. The molecular formula is C5H11NaO4. The number of carbonyl (C=O) groups is 1. The first kappa shape index (κ1) is 13.0. The van der Waals surface area contributed by atoms with Gasteiger partial charge in [-0.05, 0) is 6.42 Å². The molecule has 0 aromatic rings. The molecule has 0 aliphatic carbocycles. The van der Waals surface area contributed by atoms with Crippen LogP contribution in [0.3, 0.4) is 0 Å². The van der Waals surface area contributed by atoms with Gasteiger partial charge in [0.2, 0.25) is 0 Å². The number of carboxylic acid groups (broad SMARTS) is 1. The summed E-state index contributed by atoms with van der Waals surface area (Å²) in [5.74, 6) is -1.87. The van der Waals surface area contributed by atoms with Gasteiger partial charge >= 0.3 is 35.5 Å². The first-order chi connectivity index (χ1) is 4.22. The van der Waals surface area contributed by atoms with Crippen LogP contribution < -0.4 is 0 Å². The van der Waals surface area contributed by atoms with Gasteiger partial charge in [0.15, 0.2) is 0 Å². The summed E-state index contributed by atoms with van der Waals surface area (Å²) in [5.41, 5.74) is 0. The van der Waals surface area contributed by atoms with Crippen LogP contribution in [-0.4, -0.2) is 64.1 Å². The molecule has 10 heavy (non-hydrogen) atoms. The van der Waals surface area contributed by atoms with Crippen LogP contribution in [0.5, 0.6) is 0 Å². The quantitative estimate of drug-likeness (QED) is 0.431. The summed E-state index contributed by atoms with van der Waals surface area (Å²) in [6.45, 7) is -0.604. The normalized spacial score (nSPS) is 11.8. The molecule has 56 valence electrons. The van der Waals surface area contributed by atoms with E-state index in [0.717, 1.165) is 0 Å². The zero-order valence-corrected chi connectivity index (χ0v) is 4.95. The van der Waals surface area contributed by atoms with E-state index in [9.17, 15) is 4.79 Å².